The molecule has 1 aliphatic heterocycles. The van der Waals surface area contributed by atoms with E-state index in [2.05, 4.69) is 15.5 Å². The Hall–Kier alpha value is -2.38. The van der Waals surface area contributed by atoms with Crippen molar-refractivity contribution in [2.24, 2.45) is 0 Å². The zero-order valence-electron chi connectivity index (χ0n) is 14.9. The Morgan fingerprint density at radius 2 is 1.63 bits per heavy atom. The Morgan fingerprint density at radius 3 is 2.26 bits per heavy atom. The number of nitrogens with zero attached hydrogens (tertiary/aromatic N) is 1. The smallest absolute Gasteiger partial charge is 0.251 e. The third-order valence-corrected chi connectivity index (χ3v) is 4.61. The zero-order valence-corrected chi connectivity index (χ0v) is 14.9. The van der Waals surface area contributed by atoms with Gasteiger partial charge in [0, 0.05) is 38.3 Å². The first-order chi connectivity index (χ1) is 13.0. The Morgan fingerprint density at radius 1 is 1.00 bits per heavy atom. The fraction of sp³-hybridized carbons (Fsp3) is 0.350. The number of benzene rings is 2. The molecule has 3 rings (SSSR count). The summed E-state index contributed by atoms with van der Waals surface area (Å²) >= 11 is 0. The number of rotatable bonds is 6. The van der Waals surface area contributed by atoms with Gasteiger partial charge in [0.25, 0.3) is 5.91 Å². The highest BCUT2D eigenvalue weighted by Gasteiger charge is 2.13. The molecule has 2 aromatic rings. The number of carbonyl (C=O) groups is 1. The van der Waals surface area contributed by atoms with Crippen LogP contribution < -0.4 is 10.6 Å². The molecule has 2 N–H and O–H groups in total. The summed E-state index contributed by atoms with van der Waals surface area (Å²) in [7, 11) is 0. The van der Waals surface area contributed by atoms with E-state index in [1.54, 1.807) is 24.3 Å². The van der Waals surface area contributed by atoms with Crippen LogP contribution in [0.1, 0.15) is 16.8 Å². The quantitative estimate of drug-likeness (QED) is 0.601. The van der Waals surface area contributed by atoms with Crippen LogP contribution >= 0.6 is 0 Å². The van der Waals surface area contributed by atoms with Crippen molar-refractivity contribution >= 4 is 5.91 Å². The lowest BCUT2D eigenvalue weighted by Gasteiger charge is -2.27. The molecule has 1 saturated heterocycles. The van der Waals surface area contributed by atoms with Crippen LogP contribution in [0.4, 0.5) is 13.2 Å². The van der Waals surface area contributed by atoms with E-state index in [1.807, 2.05) is 0 Å². The standard InChI is InChI=1S/C20H22F3N3O/c21-17-12-16(13-18(22)19(17)23)14-2-4-15(5-3-14)20(27)25-6-1-9-26-10-7-24-8-11-26/h2-5,12-13,24H,1,6-11H2,(H,25,27). The van der Waals surface area contributed by atoms with E-state index in [1.165, 1.54) is 0 Å². The van der Waals surface area contributed by atoms with Gasteiger partial charge < -0.3 is 15.5 Å². The molecule has 0 unspecified atom stereocenters. The van der Waals surface area contributed by atoms with Gasteiger partial charge in [-0.15, -0.1) is 0 Å². The lowest BCUT2D eigenvalue weighted by molar-refractivity contribution is 0.0951. The van der Waals surface area contributed by atoms with Crippen molar-refractivity contribution in [2.45, 2.75) is 6.42 Å². The lowest BCUT2D eigenvalue weighted by Crippen LogP contribution is -2.44. The molecule has 1 amide bonds. The van der Waals surface area contributed by atoms with Crippen molar-refractivity contribution < 1.29 is 18.0 Å². The first-order valence-electron chi connectivity index (χ1n) is 9.01. The predicted octanol–water partition coefficient (Wildman–Crippen LogP) is 2.80. The molecule has 2 aromatic carbocycles. The first kappa shape index (κ1) is 19.4. The van der Waals surface area contributed by atoms with E-state index in [-0.39, 0.29) is 11.5 Å². The minimum atomic E-state index is -1.49. The summed E-state index contributed by atoms with van der Waals surface area (Å²) in [5.74, 6) is -4.17. The third kappa shape index (κ3) is 5.08. The summed E-state index contributed by atoms with van der Waals surface area (Å²) in [6, 6.07) is 8.21. The molecule has 27 heavy (non-hydrogen) atoms. The molecule has 1 aliphatic rings. The number of hydrogen-bond acceptors (Lipinski definition) is 3. The molecule has 4 nitrogen and oxygen atoms in total. The fourth-order valence-electron chi connectivity index (χ4n) is 3.08. The average Bonchev–Trinajstić information content (AvgIpc) is 2.70. The summed E-state index contributed by atoms with van der Waals surface area (Å²) in [6.07, 6.45) is 0.873. The second kappa shape index (κ2) is 9.01. The van der Waals surface area contributed by atoms with Gasteiger partial charge in [0.15, 0.2) is 17.5 Å². The average molecular weight is 377 g/mol. The normalized spacial score (nSPS) is 14.9. The second-order valence-corrected chi connectivity index (χ2v) is 6.53. The summed E-state index contributed by atoms with van der Waals surface area (Å²) in [5.41, 5.74) is 1.18. The Balaban J connectivity index is 1.52. The van der Waals surface area contributed by atoms with Crippen LogP contribution in [-0.2, 0) is 0 Å². The van der Waals surface area contributed by atoms with Gasteiger partial charge in [0.1, 0.15) is 0 Å². The highest BCUT2D eigenvalue weighted by atomic mass is 19.2. The van der Waals surface area contributed by atoms with E-state index in [4.69, 9.17) is 0 Å². The maximum Gasteiger partial charge on any atom is 0.251 e. The van der Waals surface area contributed by atoms with Crippen molar-refractivity contribution in [3.05, 3.63) is 59.4 Å². The van der Waals surface area contributed by atoms with Gasteiger partial charge in [-0.2, -0.15) is 0 Å². The van der Waals surface area contributed by atoms with E-state index in [9.17, 15) is 18.0 Å². The second-order valence-electron chi connectivity index (χ2n) is 6.53. The van der Waals surface area contributed by atoms with Gasteiger partial charge in [-0.3, -0.25) is 4.79 Å². The highest BCUT2D eigenvalue weighted by Crippen LogP contribution is 2.24. The SMILES string of the molecule is O=C(NCCCN1CCNCC1)c1ccc(-c2cc(F)c(F)c(F)c2)cc1. The van der Waals surface area contributed by atoms with Crippen molar-refractivity contribution in [2.75, 3.05) is 39.3 Å². The van der Waals surface area contributed by atoms with Gasteiger partial charge in [0.2, 0.25) is 0 Å². The highest BCUT2D eigenvalue weighted by molar-refractivity contribution is 5.94. The zero-order chi connectivity index (χ0) is 19.2. The molecule has 0 aromatic heterocycles. The number of carbonyl (C=O) groups excluding carboxylic acids is 1. The Bertz CT molecular complexity index is 767. The minimum absolute atomic E-state index is 0.196. The van der Waals surface area contributed by atoms with E-state index < -0.39 is 17.5 Å². The van der Waals surface area contributed by atoms with Crippen LogP contribution in [0.25, 0.3) is 11.1 Å². The molecule has 0 atom stereocenters. The number of piperazine rings is 1. The molecule has 144 valence electrons. The van der Waals surface area contributed by atoms with Crippen molar-refractivity contribution in [1.29, 1.82) is 0 Å². The maximum absolute atomic E-state index is 13.4. The van der Waals surface area contributed by atoms with Crippen molar-refractivity contribution in [3.63, 3.8) is 0 Å². The van der Waals surface area contributed by atoms with Gasteiger partial charge in [-0.05, 0) is 48.4 Å². The number of amides is 1. The van der Waals surface area contributed by atoms with Crippen molar-refractivity contribution in [3.8, 4) is 11.1 Å². The largest absolute Gasteiger partial charge is 0.352 e. The Labute approximate surface area is 156 Å². The van der Waals surface area contributed by atoms with E-state index in [0.717, 1.165) is 51.3 Å². The summed E-state index contributed by atoms with van der Waals surface area (Å²) in [4.78, 5) is 14.6. The van der Waals surface area contributed by atoms with Gasteiger partial charge in [-0.25, -0.2) is 13.2 Å². The molecule has 0 saturated carbocycles. The molecule has 1 fully saturated rings. The molecule has 1 heterocycles. The van der Waals surface area contributed by atoms with Crippen LogP contribution in [-0.4, -0.2) is 50.1 Å². The first-order valence-corrected chi connectivity index (χ1v) is 9.01. The van der Waals surface area contributed by atoms with Gasteiger partial charge >= 0.3 is 0 Å². The van der Waals surface area contributed by atoms with Crippen molar-refractivity contribution in [1.82, 2.24) is 15.5 Å². The summed E-state index contributed by atoms with van der Waals surface area (Å²) in [6.45, 7) is 5.59. The van der Waals surface area contributed by atoms with Crippen LogP contribution in [0.15, 0.2) is 36.4 Å². The summed E-state index contributed by atoms with van der Waals surface area (Å²) < 4.78 is 39.8. The van der Waals surface area contributed by atoms with Crippen LogP contribution in [0, 0.1) is 17.5 Å². The molecule has 0 bridgehead atoms. The number of nitrogens with one attached hydrogen (secondary N) is 2. The third-order valence-electron chi connectivity index (χ3n) is 4.61. The molecular formula is C20H22F3N3O. The lowest BCUT2D eigenvalue weighted by atomic mass is 10.0. The fourth-order valence-corrected chi connectivity index (χ4v) is 3.08. The van der Waals surface area contributed by atoms with Crippen LogP contribution in [0.5, 0.6) is 0 Å². The van der Waals surface area contributed by atoms with E-state index >= 15 is 0 Å². The van der Waals surface area contributed by atoms with Gasteiger partial charge in [0.05, 0.1) is 0 Å². The Kier molecular flexibility index (Phi) is 6.47. The maximum atomic E-state index is 13.4. The molecular weight excluding hydrogens is 355 g/mol. The van der Waals surface area contributed by atoms with Crippen LogP contribution in [0.3, 0.4) is 0 Å². The number of halogens is 3. The minimum Gasteiger partial charge on any atom is -0.352 e. The molecule has 0 aliphatic carbocycles. The topological polar surface area (TPSA) is 44.4 Å². The predicted molar refractivity (Wildman–Crippen MR) is 98.0 cm³/mol. The monoisotopic (exact) mass is 377 g/mol. The molecule has 0 spiro atoms. The molecule has 7 heteroatoms. The summed E-state index contributed by atoms with van der Waals surface area (Å²) in [5, 5.41) is 6.17. The van der Waals surface area contributed by atoms with Crippen LogP contribution in [0.2, 0.25) is 0 Å². The van der Waals surface area contributed by atoms with Gasteiger partial charge in [-0.1, -0.05) is 12.1 Å². The molecule has 0 radical (unpaired) electrons. The van der Waals surface area contributed by atoms with E-state index in [0.29, 0.717) is 17.7 Å². The number of hydrogen-bond donors (Lipinski definition) is 2.